The number of fused-ring (bicyclic) bond motifs is 1. The second kappa shape index (κ2) is 1.81. The molecule has 4 heteroatoms. The monoisotopic (exact) mass is 170 g/mol. The maximum atomic E-state index is 11.2. The molecule has 0 spiro atoms. The fourth-order valence-electron chi connectivity index (χ4n) is 2.33. The summed E-state index contributed by atoms with van der Waals surface area (Å²) < 4.78 is 4.57. The number of ether oxygens (including phenoxy) is 1. The topological polar surface area (TPSA) is 63.6 Å². The molecule has 0 radical (unpaired) electrons. The SMILES string of the molecule is COC(=O)C12CCC1(C(=O)O)C2. The van der Waals surface area contributed by atoms with Gasteiger partial charge >= 0.3 is 11.9 Å². The van der Waals surface area contributed by atoms with Crippen LogP contribution in [-0.2, 0) is 14.3 Å². The molecule has 2 atom stereocenters. The van der Waals surface area contributed by atoms with Gasteiger partial charge in [0.1, 0.15) is 0 Å². The minimum Gasteiger partial charge on any atom is -0.481 e. The number of aliphatic carboxylic acids is 1. The average molecular weight is 170 g/mol. The van der Waals surface area contributed by atoms with Crippen LogP contribution in [0.3, 0.4) is 0 Å². The third-order valence-corrected chi connectivity index (χ3v) is 3.36. The number of carboxylic acid groups (broad SMARTS) is 1. The van der Waals surface area contributed by atoms with E-state index in [0.29, 0.717) is 19.3 Å². The summed E-state index contributed by atoms with van der Waals surface area (Å²) in [6.45, 7) is 0. The number of methoxy groups -OCH3 is 1. The predicted molar refractivity (Wildman–Crippen MR) is 38.4 cm³/mol. The van der Waals surface area contributed by atoms with Crippen molar-refractivity contribution in [2.75, 3.05) is 7.11 Å². The van der Waals surface area contributed by atoms with E-state index < -0.39 is 16.8 Å². The molecule has 0 bridgehead atoms. The van der Waals surface area contributed by atoms with Crippen LogP contribution >= 0.6 is 0 Å². The van der Waals surface area contributed by atoms with Gasteiger partial charge in [-0.05, 0) is 19.3 Å². The highest BCUT2D eigenvalue weighted by atomic mass is 16.5. The largest absolute Gasteiger partial charge is 0.481 e. The van der Waals surface area contributed by atoms with Crippen molar-refractivity contribution in [2.24, 2.45) is 10.8 Å². The molecule has 0 saturated heterocycles. The first-order valence-electron chi connectivity index (χ1n) is 3.91. The molecule has 0 aliphatic heterocycles. The molecule has 2 fully saturated rings. The first kappa shape index (κ1) is 7.58. The molecule has 0 heterocycles. The van der Waals surface area contributed by atoms with Gasteiger partial charge in [0.2, 0.25) is 0 Å². The maximum absolute atomic E-state index is 11.2. The molecular formula is C8H10O4. The molecule has 0 aromatic carbocycles. The van der Waals surface area contributed by atoms with Crippen molar-refractivity contribution in [1.82, 2.24) is 0 Å². The van der Waals surface area contributed by atoms with E-state index in [2.05, 4.69) is 4.74 Å². The zero-order valence-corrected chi connectivity index (χ0v) is 6.79. The Hall–Kier alpha value is -1.06. The van der Waals surface area contributed by atoms with Gasteiger partial charge in [-0.25, -0.2) is 0 Å². The van der Waals surface area contributed by atoms with Gasteiger partial charge < -0.3 is 9.84 Å². The van der Waals surface area contributed by atoms with Crippen LogP contribution in [0.2, 0.25) is 0 Å². The number of carboxylic acids is 1. The van der Waals surface area contributed by atoms with E-state index in [1.807, 2.05) is 0 Å². The summed E-state index contributed by atoms with van der Waals surface area (Å²) in [6.07, 6.45) is 1.77. The first-order valence-corrected chi connectivity index (χ1v) is 3.91. The van der Waals surface area contributed by atoms with E-state index in [4.69, 9.17) is 5.11 Å². The number of carbonyl (C=O) groups is 2. The molecule has 4 nitrogen and oxygen atoms in total. The van der Waals surface area contributed by atoms with Gasteiger partial charge in [-0.1, -0.05) is 0 Å². The molecule has 2 unspecified atom stereocenters. The Morgan fingerprint density at radius 3 is 2.17 bits per heavy atom. The smallest absolute Gasteiger partial charge is 0.313 e. The van der Waals surface area contributed by atoms with Crippen molar-refractivity contribution < 1.29 is 19.4 Å². The van der Waals surface area contributed by atoms with Crippen LogP contribution in [0.1, 0.15) is 19.3 Å². The second-order valence-electron chi connectivity index (χ2n) is 3.64. The van der Waals surface area contributed by atoms with E-state index in [0.717, 1.165) is 0 Å². The van der Waals surface area contributed by atoms with E-state index in [-0.39, 0.29) is 5.97 Å². The Labute approximate surface area is 69.5 Å². The Morgan fingerprint density at radius 1 is 1.33 bits per heavy atom. The normalized spacial score (nSPS) is 42.4. The molecule has 12 heavy (non-hydrogen) atoms. The summed E-state index contributed by atoms with van der Waals surface area (Å²) in [7, 11) is 1.31. The van der Waals surface area contributed by atoms with E-state index in [9.17, 15) is 9.59 Å². The van der Waals surface area contributed by atoms with Crippen molar-refractivity contribution in [3.8, 4) is 0 Å². The Morgan fingerprint density at radius 2 is 1.92 bits per heavy atom. The van der Waals surface area contributed by atoms with Crippen LogP contribution in [0.25, 0.3) is 0 Å². The summed E-state index contributed by atoms with van der Waals surface area (Å²) in [5, 5.41) is 8.84. The van der Waals surface area contributed by atoms with Crippen molar-refractivity contribution in [3.05, 3.63) is 0 Å². The lowest BCUT2D eigenvalue weighted by atomic mass is 9.74. The van der Waals surface area contributed by atoms with Crippen LogP contribution in [0.4, 0.5) is 0 Å². The average Bonchev–Trinajstić information content (AvgIpc) is 2.50. The third-order valence-electron chi connectivity index (χ3n) is 3.36. The molecule has 0 aromatic heterocycles. The molecule has 0 amide bonds. The predicted octanol–water partition coefficient (Wildman–Crippen LogP) is 0.414. The summed E-state index contributed by atoms with van der Waals surface area (Å²) >= 11 is 0. The van der Waals surface area contributed by atoms with Gasteiger partial charge in [-0.3, -0.25) is 9.59 Å². The van der Waals surface area contributed by atoms with Gasteiger partial charge in [-0.15, -0.1) is 0 Å². The zero-order chi connectivity index (χ0) is 8.98. The zero-order valence-electron chi connectivity index (χ0n) is 6.79. The number of esters is 1. The molecule has 66 valence electrons. The number of hydrogen-bond acceptors (Lipinski definition) is 3. The van der Waals surface area contributed by atoms with Crippen molar-refractivity contribution in [3.63, 3.8) is 0 Å². The Bertz CT molecular complexity index is 272. The van der Waals surface area contributed by atoms with Gasteiger partial charge in [0, 0.05) is 0 Å². The maximum Gasteiger partial charge on any atom is 0.313 e. The summed E-state index contributed by atoms with van der Waals surface area (Å²) in [5.41, 5.74) is -1.40. The summed E-state index contributed by atoms with van der Waals surface area (Å²) in [4.78, 5) is 21.9. The molecule has 1 N–H and O–H groups in total. The molecule has 2 aliphatic rings. The fraction of sp³-hybridized carbons (Fsp3) is 0.750. The Kier molecular flexibility index (Phi) is 1.14. The van der Waals surface area contributed by atoms with Gasteiger partial charge in [-0.2, -0.15) is 0 Å². The minimum absolute atomic E-state index is 0.351. The lowest BCUT2D eigenvalue weighted by molar-refractivity contribution is -0.162. The minimum atomic E-state index is -0.848. The van der Waals surface area contributed by atoms with E-state index >= 15 is 0 Å². The molecule has 2 saturated carbocycles. The molecule has 2 rings (SSSR count). The lowest BCUT2D eigenvalue weighted by Gasteiger charge is -2.29. The second-order valence-corrected chi connectivity index (χ2v) is 3.64. The fourth-order valence-corrected chi connectivity index (χ4v) is 2.33. The van der Waals surface area contributed by atoms with Crippen LogP contribution in [-0.4, -0.2) is 24.2 Å². The van der Waals surface area contributed by atoms with Crippen LogP contribution in [0, 0.1) is 10.8 Å². The van der Waals surface area contributed by atoms with Gasteiger partial charge in [0.25, 0.3) is 0 Å². The highest BCUT2D eigenvalue weighted by molar-refractivity contribution is 5.96. The molecule has 2 aliphatic carbocycles. The summed E-state index contributed by atoms with van der Waals surface area (Å²) in [5.74, 6) is -1.20. The van der Waals surface area contributed by atoms with E-state index in [1.165, 1.54) is 7.11 Å². The van der Waals surface area contributed by atoms with Crippen LogP contribution in [0.5, 0.6) is 0 Å². The summed E-state index contributed by atoms with van der Waals surface area (Å²) in [6, 6.07) is 0. The Balaban J connectivity index is 2.21. The third kappa shape index (κ3) is 0.519. The van der Waals surface area contributed by atoms with E-state index in [1.54, 1.807) is 0 Å². The van der Waals surface area contributed by atoms with Crippen LogP contribution in [0.15, 0.2) is 0 Å². The highest BCUT2D eigenvalue weighted by Gasteiger charge is 2.83. The van der Waals surface area contributed by atoms with Crippen molar-refractivity contribution in [1.29, 1.82) is 0 Å². The first-order chi connectivity index (χ1) is 5.59. The number of hydrogen-bond donors (Lipinski definition) is 1. The quantitative estimate of drug-likeness (QED) is 0.610. The van der Waals surface area contributed by atoms with Gasteiger partial charge in [0.15, 0.2) is 0 Å². The van der Waals surface area contributed by atoms with Gasteiger partial charge in [0.05, 0.1) is 17.9 Å². The standard InChI is InChI=1S/C8H10O4/c1-12-6(11)8-3-2-7(8,4-8)5(9)10/h2-4H2,1H3,(H,9,10). The molecular weight excluding hydrogens is 160 g/mol. The highest BCUT2D eigenvalue weighted by Crippen LogP contribution is 2.78. The van der Waals surface area contributed by atoms with Crippen molar-refractivity contribution in [2.45, 2.75) is 19.3 Å². The van der Waals surface area contributed by atoms with Crippen LogP contribution < -0.4 is 0 Å². The molecule has 0 aromatic rings. The van der Waals surface area contributed by atoms with Crippen molar-refractivity contribution >= 4 is 11.9 Å². The lowest BCUT2D eigenvalue weighted by Crippen LogP contribution is -2.38. The number of rotatable bonds is 2. The number of carbonyl (C=O) groups excluding carboxylic acids is 1.